The first-order valence-corrected chi connectivity index (χ1v) is 2.89. The number of rotatable bonds is 0. The van der Waals surface area contributed by atoms with Crippen molar-refractivity contribution in [1.82, 2.24) is 19.7 Å². The predicted molar refractivity (Wildman–Crippen MR) is 35.3 cm³/mol. The molecule has 0 radical (unpaired) electrons. The van der Waals surface area contributed by atoms with Crippen LogP contribution in [0.2, 0.25) is 0 Å². The summed E-state index contributed by atoms with van der Waals surface area (Å²) >= 11 is 0. The third kappa shape index (κ3) is 0.689. The standard InChI is InChI=1S/C5H4N4O2/c10-5-3-4(7-1-6-3)9(11)2-8-5/h1-2,11H,(H,6,7). The molecule has 0 aliphatic rings. The second kappa shape index (κ2) is 1.82. The lowest BCUT2D eigenvalue weighted by atomic mass is 10.5. The lowest BCUT2D eigenvalue weighted by Gasteiger charge is -1.92. The average molecular weight is 152 g/mol. The molecule has 0 fully saturated rings. The van der Waals surface area contributed by atoms with Gasteiger partial charge in [0.05, 0.1) is 6.33 Å². The Bertz CT molecular complexity index is 443. The number of nitrogens with zero attached hydrogens (tertiary/aromatic N) is 3. The summed E-state index contributed by atoms with van der Waals surface area (Å²) in [5.74, 6) is 0. The van der Waals surface area contributed by atoms with E-state index in [9.17, 15) is 4.79 Å². The van der Waals surface area contributed by atoms with Crippen molar-refractivity contribution in [3.05, 3.63) is 23.0 Å². The molecule has 0 spiro atoms. The van der Waals surface area contributed by atoms with Gasteiger partial charge in [-0.3, -0.25) is 4.79 Å². The third-order valence-corrected chi connectivity index (χ3v) is 1.33. The maximum Gasteiger partial charge on any atom is 0.298 e. The molecule has 56 valence electrons. The van der Waals surface area contributed by atoms with Crippen LogP contribution < -0.4 is 5.56 Å². The minimum absolute atomic E-state index is 0.185. The minimum Gasteiger partial charge on any atom is -0.425 e. The molecule has 0 aliphatic carbocycles. The molecule has 0 bridgehead atoms. The molecular formula is C5H4N4O2. The number of nitrogens with one attached hydrogen (secondary N) is 1. The van der Waals surface area contributed by atoms with Crippen LogP contribution in [0.15, 0.2) is 17.4 Å². The lowest BCUT2D eigenvalue weighted by molar-refractivity contribution is 0.192. The summed E-state index contributed by atoms with van der Waals surface area (Å²) in [6.07, 6.45) is 2.33. The zero-order valence-corrected chi connectivity index (χ0v) is 5.35. The Hall–Kier alpha value is -1.85. The number of H-pyrrole nitrogens is 1. The maximum absolute atomic E-state index is 10.9. The summed E-state index contributed by atoms with van der Waals surface area (Å²) in [6, 6.07) is 0. The molecule has 2 aromatic rings. The van der Waals surface area contributed by atoms with Crippen molar-refractivity contribution in [2.45, 2.75) is 0 Å². The van der Waals surface area contributed by atoms with Crippen molar-refractivity contribution < 1.29 is 5.21 Å². The fourth-order valence-corrected chi connectivity index (χ4v) is 0.845. The van der Waals surface area contributed by atoms with Gasteiger partial charge in [0.1, 0.15) is 6.33 Å². The molecule has 0 saturated heterocycles. The highest BCUT2D eigenvalue weighted by molar-refractivity contribution is 5.67. The first kappa shape index (κ1) is 5.90. The van der Waals surface area contributed by atoms with Gasteiger partial charge >= 0.3 is 0 Å². The normalized spacial score (nSPS) is 10.5. The summed E-state index contributed by atoms with van der Waals surface area (Å²) < 4.78 is 0.688. The molecule has 0 aromatic carbocycles. The topological polar surface area (TPSA) is 83.8 Å². The predicted octanol–water partition coefficient (Wildman–Crippen LogP) is -0.643. The van der Waals surface area contributed by atoms with Crippen molar-refractivity contribution >= 4 is 11.2 Å². The summed E-state index contributed by atoms with van der Waals surface area (Å²) in [5.41, 5.74) is -0.0391. The molecule has 2 rings (SSSR count). The SMILES string of the molecule is O=c1ncn(O)c2nc[nH]c12. The van der Waals surface area contributed by atoms with Gasteiger partial charge in [0.25, 0.3) is 5.56 Å². The summed E-state index contributed by atoms with van der Waals surface area (Å²) in [7, 11) is 0. The number of hydrogen-bond donors (Lipinski definition) is 2. The maximum atomic E-state index is 10.9. The van der Waals surface area contributed by atoms with Crippen LogP contribution in [0.5, 0.6) is 0 Å². The molecule has 6 nitrogen and oxygen atoms in total. The number of aromatic amines is 1. The van der Waals surface area contributed by atoms with E-state index in [0.29, 0.717) is 4.73 Å². The zero-order valence-electron chi connectivity index (χ0n) is 5.35. The van der Waals surface area contributed by atoms with E-state index >= 15 is 0 Å². The van der Waals surface area contributed by atoms with Gasteiger partial charge in [-0.2, -0.15) is 9.71 Å². The average Bonchev–Trinajstić information content (AvgIpc) is 2.45. The number of hydrogen-bond acceptors (Lipinski definition) is 4. The first-order valence-electron chi connectivity index (χ1n) is 2.89. The van der Waals surface area contributed by atoms with Gasteiger partial charge < -0.3 is 10.2 Å². The molecule has 2 aromatic heterocycles. The molecule has 2 N–H and O–H groups in total. The summed E-state index contributed by atoms with van der Waals surface area (Å²) in [6.45, 7) is 0. The fraction of sp³-hybridized carbons (Fsp3) is 0. The Labute approximate surface area is 60.1 Å². The van der Waals surface area contributed by atoms with Gasteiger partial charge in [0, 0.05) is 0 Å². The van der Waals surface area contributed by atoms with Crippen LogP contribution in [0.1, 0.15) is 0 Å². The Balaban J connectivity index is 3.08. The van der Waals surface area contributed by atoms with Crippen molar-refractivity contribution in [1.29, 1.82) is 0 Å². The summed E-state index contributed by atoms with van der Waals surface area (Å²) in [4.78, 5) is 20.5. The van der Waals surface area contributed by atoms with Gasteiger partial charge in [-0.1, -0.05) is 0 Å². The van der Waals surface area contributed by atoms with Crippen LogP contribution in [-0.2, 0) is 0 Å². The zero-order chi connectivity index (χ0) is 7.84. The first-order chi connectivity index (χ1) is 5.29. The highest BCUT2D eigenvalue weighted by Crippen LogP contribution is 1.98. The number of fused-ring (bicyclic) bond motifs is 1. The second-order valence-corrected chi connectivity index (χ2v) is 2.00. The molecule has 0 aliphatic heterocycles. The summed E-state index contributed by atoms with van der Waals surface area (Å²) in [5, 5.41) is 9.02. The highest BCUT2D eigenvalue weighted by atomic mass is 16.5. The Morgan fingerprint density at radius 3 is 3.09 bits per heavy atom. The molecular weight excluding hydrogens is 148 g/mol. The van der Waals surface area contributed by atoms with Gasteiger partial charge in [-0.05, 0) is 0 Å². The smallest absolute Gasteiger partial charge is 0.298 e. The van der Waals surface area contributed by atoms with Crippen molar-refractivity contribution in [3.8, 4) is 0 Å². The molecule has 0 unspecified atom stereocenters. The van der Waals surface area contributed by atoms with E-state index in [4.69, 9.17) is 5.21 Å². The van der Waals surface area contributed by atoms with E-state index in [2.05, 4.69) is 15.0 Å². The van der Waals surface area contributed by atoms with E-state index in [1.54, 1.807) is 0 Å². The van der Waals surface area contributed by atoms with Crippen LogP contribution in [-0.4, -0.2) is 24.9 Å². The monoisotopic (exact) mass is 152 g/mol. The molecule has 0 saturated carbocycles. The highest BCUT2D eigenvalue weighted by Gasteiger charge is 2.03. The molecule has 2 heterocycles. The van der Waals surface area contributed by atoms with Gasteiger partial charge in [-0.25, -0.2) is 4.98 Å². The van der Waals surface area contributed by atoms with E-state index in [1.807, 2.05) is 0 Å². The van der Waals surface area contributed by atoms with Crippen molar-refractivity contribution in [2.24, 2.45) is 0 Å². The van der Waals surface area contributed by atoms with Gasteiger partial charge in [0.2, 0.25) is 5.65 Å². The van der Waals surface area contributed by atoms with Crippen LogP contribution in [0.3, 0.4) is 0 Å². The Morgan fingerprint density at radius 2 is 2.36 bits per heavy atom. The van der Waals surface area contributed by atoms with Crippen molar-refractivity contribution in [2.75, 3.05) is 0 Å². The van der Waals surface area contributed by atoms with Crippen LogP contribution in [0, 0.1) is 0 Å². The van der Waals surface area contributed by atoms with Gasteiger partial charge in [0.15, 0.2) is 5.52 Å². The van der Waals surface area contributed by atoms with Crippen LogP contribution in [0.4, 0.5) is 0 Å². The van der Waals surface area contributed by atoms with Crippen LogP contribution in [0.25, 0.3) is 11.2 Å². The second-order valence-electron chi connectivity index (χ2n) is 2.00. The Kier molecular flexibility index (Phi) is 0.974. The van der Waals surface area contributed by atoms with E-state index in [0.717, 1.165) is 6.33 Å². The molecule has 0 atom stereocenters. The van der Waals surface area contributed by atoms with Crippen LogP contribution >= 0.6 is 0 Å². The van der Waals surface area contributed by atoms with Gasteiger partial charge in [-0.15, -0.1) is 0 Å². The molecule has 6 heteroatoms. The number of imidazole rings is 1. The quantitative estimate of drug-likeness (QED) is 0.491. The molecule has 11 heavy (non-hydrogen) atoms. The van der Waals surface area contributed by atoms with Crippen molar-refractivity contribution in [3.63, 3.8) is 0 Å². The number of aromatic nitrogens is 4. The van der Waals surface area contributed by atoms with E-state index in [1.165, 1.54) is 6.33 Å². The fourth-order valence-electron chi connectivity index (χ4n) is 0.845. The van der Waals surface area contributed by atoms with E-state index in [-0.39, 0.29) is 11.2 Å². The minimum atomic E-state index is -0.428. The molecule has 0 amide bonds. The Morgan fingerprint density at radius 1 is 1.55 bits per heavy atom. The lowest BCUT2D eigenvalue weighted by Crippen LogP contribution is -2.10. The third-order valence-electron chi connectivity index (χ3n) is 1.33. The van der Waals surface area contributed by atoms with E-state index < -0.39 is 5.56 Å². The largest absolute Gasteiger partial charge is 0.425 e.